The van der Waals surface area contributed by atoms with E-state index < -0.39 is 0 Å². The lowest BCUT2D eigenvalue weighted by atomic mass is 10.1. The van der Waals surface area contributed by atoms with Crippen LogP contribution < -0.4 is 5.32 Å². The number of carbonyl (C=O) groups excluding carboxylic acids is 2. The number of rotatable bonds is 9. The minimum Gasteiger partial charge on any atom is -0.454 e. The van der Waals surface area contributed by atoms with Gasteiger partial charge in [0.15, 0.2) is 5.76 Å². The van der Waals surface area contributed by atoms with Crippen LogP contribution in [0.15, 0.2) is 77.3 Å². The molecule has 4 aromatic rings. The third-order valence-electron chi connectivity index (χ3n) is 6.12. The van der Waals surface area contributed by atoms with Crippen molar-refractivity contribution in [2.45, 2.75) is 40.3 Å². The van der Waals surface area contributed by atoms with Crippen LogP contribution in [0.3, 0.4) is 0 Å². The van der Waals surface area contributed by atoms with Gasteiger partial charge in [-0.25, -0.2) is 4.39 Å². The number of nitrogens with zero attached hydrogens (tertiary/aromatic N) is 2. The number of hydrogen-bond acceptors (Lipinski definition) is 3. The molecule has 0 atom stereocenters. The predicted molar refractivity (Wildman–Crippen MR) is 138 cm³/mol. The molecule has 0 spiro atoms. The molecule has 0 saturated carbocycles. The molecule has 0 fully saturated rings. The van der Waals surface area contributed by atoms with Crippen LogP contribution in [0.5, 0.6) is 0 Å². The number of hydrogen-bond donors (Lipinski definition) is 1. The van der Waals surface area contributed by atoms with Crippen molar-refractivity contribution >= 4 is 17.5 Å². The van der Waals surface area contributed by atoms with Gasteiger partial charge in [0.25, 0.3) is 11.8 Å². The van der Waals surface area contributed by atoms with Crippen LogP contribution in [-0.4, -0.2) is 27.8 Å². The minimum atomic E-state index is -0.372. The number of benzene rings is 2. The Kier molecular flexibility index (Phi) is 7.68. The fourth-order valence-electron chi connectivity index (χ4n) is 4.00. The first-order valence-corrected chi connectivity index (χ1v) is 12.0. The highest BCUT2D eigenvalue weighted by Crippen LogP contribution is 2.18. The van der Waals surface area contributed by atoms with Gasteiger partial charge in [0, 0.05) is 29.7 Å². The van der Waals surface area contributed by atoms with E-state index >= 15 is 0 Å². The van der Waals surface area contributed by atoms with E-state index in [0.29, 0.717) is 31.0 Å². The summed E-state index contributed by atoms with van der Waals surface area (Å²) in [5.41, 5.74) is 4.36. The summed E-state index contributed by atoms with van der Waals surface area (Å²) in [7, 11) is 0. The van der Waals surface area contributed by atoms with Gasteiger partial charge >= 0.3 is 0 Å². The fourth-order valence-corrected chi connectivity index (χ4v) is 4.00. The molecule has 0 saturated heterocycles. The highest BCUT2D eigenvalue weighted by atomic mass is 19.1. The second kappa shape index (κ2) is 11.1. The maximum Gasteiger partial charge on any atom is 0.291 e. The average molecular weight is 488 g/mol. The van der Waals surface area contributed by atoms with Crippen LogP contribution in [0.2, 0.25) is 0 Å². The molecule has 2 heterocycles. The van der Waals surface area contributed by atoms with Gasteiger partial charge in [-0.1, -0.05) is 13.0 Å². The molecule has 36 heavy (non-hydrogen) atoms. The van der Waals surface area contributed by atoms with Crippen LogP contribution in [0.25, 0.3) is 0 Å². The standard InChI is InChI=1S/C29H30FN3O3/c1-4-15-33(29(35)22-8-10-23(30)11-9-22)18-25-6-5-16-32(25)19-26-13-14-27(36-26)28(34)31-24-12-7-20(2)21(3)17-24/h5-14,16-17H,4,15,18-19H2,1-3H3,(H,31,34). The van der Waals surface area contributed by atoms with E-state index in [2.05, 4.69) is 5.32 Å². The van der Waals surface area contributed by atoms with Gasteiger partial charge in [-0.3, -0.25) is 9.59 Å². The first-order valence-electron chi connectivity index (χ1n) is 12.0. The lowest BCUT2D eigenvalue weighted by Crippen LogP contribution is -2.32. The van der Waals surface area contributed by atoms with Gasteiger partial charge in [-0.2, -0.15) is 0 Å². The lowest BCUT2D eigenvalue weighted by molar-refractivity contribution is 0.0739. The topological polar surface area (TPSA) is 67.5 Å². The van der Waals surface area contributed by atoms with Crippen molar-refractivity contribution in [2.24, 2.45) is 0 Å². The van der Waals surface area contributed by atoms with Crippen molar-refractivity contribution in [2.75, 3.05) is 11.9 Å². The third kappa shape index (κ3) is 5.92. The summed E-state index contributed by atoms with van der Waals surface area (Å²) in [5, 5.41) is 2.87. The number of carbonyl (C=O) groups is 2. The second-order valence-electron chi connectivity index (χ2n) is 8.88. The third-order valence-corrected chi connectivity index (χ3v) is 6.12. The van der Waals surface area contributed by atoms with E-state index in [1.807, 2.05) is 61.9 Å². The first kappa shape index (κ1) is 25.0. The molecule has 7 heteroatoms. The van der Waals surface area contributed by atoms with Gasteiger partial charge in [0.1, 0.15) is 11.6 Å². The quantitative estimate of drug-likeness (QED) is 0.306. The highest BCUT2D eigenvalue weighted by Gasteiger charge is 2.18. The largest absolute Gasteiger partial charge is 0.454 e. The normalized spacial score (nSPS) is 10.9. The maximum atomic E-state index is 13.3. The highest BCUT2D eigenvalue weighted by molar-refractivity contribution is 6.02. The molecule has 0 aliphatic carbocycles. The Hall–Kier alpha value is -4.13. The Bertz CT molecular complexity index is 1350. The summed E-state index contributed by atoms with van der Waals surface area (Å²) in [6.07, 6.45) is 2.71. The zero-order chi connectivity index (χ0) is 25.7. The summed E-state index contributed by atoms with van der Waals surface area (Å²) in [6.45, 7) is 7.43. The van der Waals surface area contributed by atoms with Crippen LogP contribution in [0.1, 0.15) is 56.8 Å². The predicted octanol–water partition coefficient (Wildman–Crippen LogP) is 6.19. The number of amides is 2. The van der Waals surface area contributed by atoms with Gasteiger partial charge in [0.05, 0.1) is 13.1 Å². The molecule has 0 radical (unpaired) electrons. The van der Waals surface area contributed by atoms with Crippen molar-refractivity contribution < 1.29 is 18.4 Å². The SMILES string of the molecule is CCCN(Cc1cccn1Cc1ccc(C(=O)Nc2ccc(C)c(C)c2)o1)C(=O)c1ccc(F)cc1. The molecule has 2 aromatic carbocycles. The lowest BCUT2D eigenvalue weighted by Gasteiger charge is -2.23. The van der Waals surface area contributed by atoms with Crippen molar-refractivity contribution in [3.63, 3.8) is 0 Å². The average Bonchev–Trinajstić information content (AvgIpc) is 3.51. The molecular weight excluding hydrogens is 457 g/mol. The fraction of sp³-hybridized carbons (Fsp3) is 0.241. The number of halogens is 1. The second-order valence-corrected chi connectivity index (χ2v) is 8.88. The molecule has 0 unspecified atom stereocenters. The zero-order valence-electron chi connectivity index (χ0n) is 20.8. The van der Waals surface area contributed by atoms with Crippen LogP contribution in [-0.2, 0) is 13.1 Å². The summed E-state index contributed by atoms with van der Waals surface area (Å²) >= 11 is 0. The molecule has 2 amide bonds. The van der Waals surface area contributed by atoms with Crippen LogP contribution >= 0.6 is 0 Å². The summed E-state index contributed by atoms with van der Waals surface area (Å²) < 4.78 is 21.1. The van der Waals surface area contributed by atoms with Crippen molar-refractivity contribution in [1.29, 1.82) is 0 Å². The molecule has 0 aliphatic heterocycles. The number of aryl methyl sites for hydroxylation is 2. The Morgan fingerprint density at radius 3 is 2.50 bits per heavy atom. The maximum absolute atomic E-state index is 13.3. The van der Waals surface area contributed by atoms with Gasteiger partial charge in [0.2, 0.25) is 0 Å². The van der Waals surface area contributed by atoms with E-state index in [9.17, 15) is 14.0 Å². The van der Waals surface area contributed by atoms with E-state index in [-0.39, 0.29) is 23.4 Å². The van der Waals surface area contributed by atoms with E-state index in [1.165, 1.54) is 24.3 Å². The van der Waals surface area contributed by atoms with E-state index in [1.54, 1.807) is 17.0 Å². The minimum absolute atomic E-state index is 0.145. The number of furan rings is 1. The summed E-state index contributed by atoms with van der Waals surface area (Å²) in [4.78, 5) is 27.5. The van der Waals surface area contributed by atoms with Crippen LogP contribution in [0, 0.1) is 19.7 Å². The van der Waals surface area contributed by atoms with Gasteiger partial charge in [-0.05, 0) is 92.1 Å². The molecule has 2 aromatic heterocycles. The molecular formula is C29H30FN3O3. The molecule has 0 aliphatic rings. The van der Waals surface area contributed by atoms with Crippen molar-refractivity contribution in [3.05, 3.63) is 113 Å². The number of aromatic nitrogens is 1. The summed E-state index contributed by atoms with van der Waals surface area (Å²) in [5.74, 6) is 0.0349. The number of nitrogens with one attached hydrogen (secondary N) is 1. The van der Waals surface area contributed by atoms with Gasteiger partial charge < -0.3 is 19.2 Å². The Balaban J connectivity index is 1.44. The van der Waals surface area contributed by atoms with E-state index in [4.69, 9.17) is 4.42 Å². The first-order chi connectivity index (χ1) is 17.3. The number of anilines is 1. The Labute approximate surface area is 210 Å². The monoisotopic (exact) mass is 487 g/mol. The molecule has 4 rings (SSSR count). The van der Waals surface area contributed by atoms with E-state index in [0.717, 1.165) is 28.9 Å². The molecule has 1 N–H and O–H groups in total. The smallest absolute Gasteiger partial charge is 0.291 e. The molecule has 186 valence electrons. The van der Waals surface area contributed by atoms with Crippen LogP contribution in [0.4, 0.5) is 10.1 Å². The summed E-state index contributed by atoms with van der Waals surface area (Å²) in [6, 6.07) is 18.7. The zero-order valence-corrected chi connectivity index (χ0v) is 20.8. The molecule has 6 nitrogen and oxygen atoms in total. The Morgan fingerprint density at radius 1 is 1.00 bits per heavy atom. The Morgan fingerprint density at radius 2 is 1.78 bits per heavy atom. The van der Waals surface area contributed by atoms with Gasteiger partial charge in [-0.15, -0.1) is 0 Å². The van der Waals surface area contributed by atoms with Crippen molar-refractivity contribution in [3.8, 4) is 0 Å². The van der Waals surface area contributed by atoms with Crippen molar-refractivity contribution in [1.82, 2.24) is 9.47 Å². The molecule has 0 bridgehead atoms.